The Labute approximate surface area is 210 Å². The van der Waals surface area contributed by atoms with Crippen molar-refractivity contribution in [1.82, 2.24) is 0 Å². The normalized spacial score (nSPS) is 15.0. The van der Waals surface area contributed by atoms with Gasteiger partial charge in [0.1, 0.15) is 0 Å². The smallest absolute Gasteiger partial charge is 0.304 e. The topological polar surface area (TPSA) is 57.5 Å². The molecule has 0 aliphatic heterocycles. The molecular weight excluding hydrogens is 452 g/mol. The van der Waals surface area contributed by atoms with E-state index in [1.165, 1.54) is 5.56 Å². The zero-order valence-corrected chi connectivity index (χ0v) is 20.5. The van der Waals surface area contributed by atoms with Crippen molar-refractivity contribution < 1.29 is 15.0 Å². The lowest BCUT2D eigenvalue weighted by Crippen LogP contribution is -2.12. The molecule has 0 saturated heterocycles. The molecule has 3 aromatic carbocycles. The van der Waals surface area contributed by atoms with Crippen LogP contribution in [0.3, 0.4) is 0 Å². The molecule has 1 atom stereocenters. The molecule has 4 heteroatoms. The molecular formula is C31H30O3S. The van der Waals surface area contributed by atoms with Crippen molar-refractivity contribution in [3.8, 4) is 22.3 Å². The SMILES string of the molecule is O=C(O)CC1(c2ccc(-c3ccc(-c4ccsc4C(O)CCCc4ccccc4)cc3)cc2)CC1. The highest BCUT2D eigenvalue weighted by atomic mass is 32.1. The summed E-state index contributed by atoms with van der Waals surface area (Å²) in [4.78, 5) is 12.2. The van der Waals surface area contributed by atoms with E-state index < -0.39 is 12.1 Å². The minimum Gasteiger partial charge on any atom is -0.481 e. The van der Waals surface area contributed by atoms with Crippen LogP contribution in [0.4, 0.5) is 0 Å². The summed E-state index contributed by atoms with van der Waals surface area (Å²) in [6.45, 7) is 0. The lowest BCUT2D eigenvalue weighted by Gasteiger charge is -2.14. The molecule has 4 aromatic rings. The number of hydrogen-bond donors (Lipinski definition) is 2. The average molecular weight is 483 g/mol. The van der Waals surface area contributed by atoms with Gasteiger partial charge < -0.3 is 10.2 Å². The van der Waals surface area contributed by atoms with Gasteiger partial charge in [0.15, 0.2) is 0 Å². The summed E-state index contributed by atoms with van der Waals surface area (Å²) in [5.74, 6) is -0.726. The van der Waals surface area contributed by atoms with Crippen molar-refractivity contribution in [3.63, 3.8) is 0 Å². The van der Waals surface area contributed by atoms with E-state index in [2.05, 4.69) is 84.2 Å². The molecule has 2 N–H and O–H groups in total. The van der Waals surface area contributed by atoms with Crippen LogP contribution in [0.2, 0.25) is 0 Å². The number of rotatable bonds is 10. The molecule has 1 aliphatic carbocycles. The standard InChI is InChI=1S/C31H30O3S/c32-28(8-4-7-22-5-2-1-3-6-22)30-27(17-20-35-30)25-11-9-23(10-12-25)24-13-15-26(16-14-24)31(18-19-31)21-29(33)34/h1-3,5-6,9-17,20,28,32H,4,7-8,18-19,21H2,(H,33,34). The van der Waals surface area contributed by atoms with Gasteiger partial charge in [-0.3, -0.25) is 4.79 Å². The first-order chi connectivity index (χ1) is 17.0. The van der Waals surface area contributed by atoms with Crippen molar-refractivity contribution in [2.24, 2.45) is 0 Å². The molecule has 1 fully saturated rings. The van der Waals surface area contributed by atoms with E-state index >= 15 is 0 Å². The van der Waals surface area contributed by atoms with Gasteiger partial charge in [0, 0.05) is 10.3 Å². The fourth-order valence-electron chi connectivity index (χ4n) is 4.96. The number of hydrogen-bond acceptors (Lipinski definition) is 3. The lowest BCUT2D eigenvalue weighted by molar-refractivity contribution is -0.137. The number of aliphatic hydroxyl groups is 1. The molecule has 0 amide bonds. The fraction of sp³-hybridized carbons (Fsp3) is 0.258. The minimum absolute atomic E-state index is 0.161. The van der Waals surface area contributed by atoms with Gasteiger partial charge in [-0.05, 0) is 76.9 Å². The van der Waals surface area contributed by atoms with Gasteiger partial charge in [0.2, 0.25) is 0 Å². The predicted octanol–water partition coefficient (Wildman–Crippen LogP) is 7.64. The maximum atomic E-state index is 11.2. The molecule has 0 bridgehead atoms. The highest BCUT2D eigenvalue weighted by Gasteiger charge is 2.45. The van der Waals surface area contributed by atoms with E-state index in [0.717, 1.165) is 64.8 Å². The van der Waals surface area contributed by atoms with Crippen molar-refractivity contribution in [2.75, 3.05) is 0 Å². The van der Waals surface area contributed by atoms with Gasteiger partial charge in [-0.25, -0.2) is 0 Å². The monoisotopic (exact) mass is 482 g/mol. The Hall–Kier alpha value is -3.21. The quantitative estimate of drug-likeness (QED) is 0.244. The third-order valence-corrected chi connectivity index (χ3v) is 8.17. The highest BCUT2D eigenvalue weighted by Crippen LogP contribution is 2.51. The zero-order chi connectivity index (χ0) is 24.3. The molecule has 1 heterocycles. The molecule has 1 saturated carbocycles. The zero-order valence-electron chi connectivity index (χ0n) is 19.7. The molecule has 0 radical (unpaired) electrons. The molecule has 0 spiro atoms. The largest absolute Gasteiger partial charge is 0.481 e. The first kappa shape index (κ1) is 23.5. The van der Waals surface area contributed by atoms with E-state index in [1.54, 1.807) is 11.3 Å². The van der Waals surface area contributed by atoms with Crippen LogP contribution in [0.25, 0.3) is 22.3 Å². The van der Waals surface area contributed by atoms with Crippen LogP contribution in [0, 0.1) is 0 Å². The summed E-state index contributed by atoms with van der Waals surface area (Å²) in [6.07, 6.45) is 4.33. The molecule has 1 aromatic heterocycles. The van der Waals surface area contributed by atoms with E-state index in [1.807, 2.05) is 6.07 Å². The van der Waals surface area contributed by atoms with Crippen LogP contribution in [-0.2, 0) is 16.6 Å². The number of carboxylic acids is 1. The van der Waals surface area contributed by atoms with Crippen molar-refractivity contribution in [2.45, 2.75) is 50.0 Å². The Morgan fingerprint density at radius 1 is 0.857 bits per heavy atom. The van der Waals surface area contributed by atoms with Crippen LogP contribution in [0.5, 0.6) is 0 Å². The molecule has 1 aliphatic rings. The fourth-order valence-corrected chi connectivity index (χ4v) is 5.90. The Morgan fingerprint density at radius 2 is 1.49 bits per heavy atom. The van der Waals surface area contributed by atoms with Gasteiger partial charge in [0.05, 0.1) is 12.5 Å². The number of thiophene rings is 1. The van der Waals surface area contributed by atoms with Crippen LogP contribution in [0.15, 0.2) is 90.3 Å². The molecule has 3 nitrogen and oxygen atoms in total. The molecule has 178 valence electrons. The Morgan fingerprint density at radius 3 is 2.11 bits per heavy atom. The van der Waals surface area contributed by atoms with E-state index in [-0.39, 0.29) is 11.8 Å². The first-order valence-corrected chi connectivity index (χ1v) is 13.1. The number of aliphatic carboxylic acids is 1. The second kappa shape index (κ2) is 10.2. The third kappa shape index (κ3) is 5.39. The molecule has 35 heavy (non-hydrogen) atoms. The average Bonchev–Trinajstić information content (AvgIpc) is 3.48. The lowest BCUT2D eigenvalue weighted by atomic mass is 9.90. The Bertz CT molecular complexity index is 1270. The summed E-state index contributed by atoms with van der Waals surface area (Å²) in [7, 11) is 0. The van der Waals surface area contributed by atoms with E-state index in [0.29, 0.717) is 0 Å². The van der Waals surface area contributed by atoms with Crippen molar-refractivity contribution in [3.05, 3.63) is 106 Å². The van der Waals surface area contributed by atoms with Crippen molar-refractivity contribution in [1.29, 1.82) is 0 Å². The van der Waals surface area contributed by atoms with Crippen LogP contribution in [-0.4, -0.2) is 16.2 Å². The highest BCUT2D eigenvalue weighted by molar-refractivity contribution is 7.10. The Balaban J connectivity index is 1.25. The summed E-state index contributed by atoms with van der Waals surface area (Å²) >= 11 is 1.62. The maximum absolute atomic E-state index is 11.2. The summed E-state index contributed by atoms with van der Waals surface area (Å²) in [5, 5.41) is 22.2. The third-order valence-electron chi connectivity index (χ3n) is 7.15. The van der Waals surface area contributed by atoms with Gasteiger partial charge >= 0.3 is 5.97 Å². The molecule has 1 unspecified atom stereocenters. The van der Waals surface area contributed by atoms with E-state index in [9.17, 15) is 15.0 Å². The number of carboxylic acid groups (broad SMARTS) is 1. The maximum Gasteiger partial charge on any atom is 0.304 e. The van der Waals surface area contributed by atoms with Crippen LogP contribution in [0.1, 0.15) is 54.2 Å². The minimum atomic E-state index is -0.726. The first-order valence-electron chi connectivity index (χ1n) is 12.3. The van der Waals surface area contributed by atoms with E-state index in [4.69, 9.17) is 0 Å². The number of benzene rings is 3. The van der Waals surface area contributed by atoms with Crippen molar-refractivity contribution >= 4 is 17.3 Å². The Kier molecular flexibility index (Phi) is 6.85. The summed E-state index contributed by atoms with van der Waals surface area (Å²) in [6, 6.07) is 29.4. The second-order valence-electron chi connectivity index (χ2n) is 9.60. The van der Waals surface area contributed by atoms with Gasteiger partial charge in [-0.15, -0.1) is 11.3 Å². The van der Waals surface area contributed by atoms with Gasteiger partial charge in [-0.2, -0.15) is 0 Å². The number of carbonyl (C=O) groups is 1. The number of aliphatic hydroxyl groups excluding tert-OH is 1. The van der Waals surface area contributed by atoms with Crippen LogP contribution >= 0.6 is 11.3 Å². The second-order valence-corrected chi connectivity index (χ2v) is 10.5. The van der Waals surface area contributed by atoms with Gasteiger partial charge in [0.25, 0.3) is 0 Å². The molecule has 5 rings (SSSR count). The summed E-state index contributed by atoms with van der Waals surface area (Å²) < 4.78 is 0. The van der Waals surface area contributed by atoms with Gasteiger partial charge in [-0.1, -0.05) is 78.9 Å². The predicted molar refractivity (Wildman–Crippen MR) is 143 cm³/mol. The number of aryl methyl sites for hydroxylation is 1. The van der Waals surface area contributed by atoms with Crippen LogP contribution < -0.4 is 0 Å². The summed E-state index contributed by atoms with van der Waals surface area (Å²) in [5.41, 5.74) is 6.75.